The van der Waals surface area contributed by atoms with Crippen LogP contribution in [0.4, 0.5) is 0 Å². The van der Waals surface area contributed by atoms with Crippen molar-refractivity contribution in [3.05, 3.63) is 0 Å². The van der Waals surface area contributed by atoms with Gasteiger partial charge in [0.1, 0.15) is 5.84 Å². The van der Waals surface area contributed by atoms with E-state index in [2.05, 4.69) is 31.0 Å². The van der Waals surface area contributed by atoms with Crippen LogP contribution < -0.4 is 5.32 Å². The van der Waals surface area contributed by atoms with Gasteiger partial charge in [-0.15, -0.1) is 0 Å². The number of nitrogens with one attached hydrogen (secondary N) is 1. The monoisotopic (exact) mass is 306 g/mol. The Kier molecular flexibility index (Phi) is 4.55. The lowest BCUT2D eigenvalue weighted by Gasteiger charge is -2.42. The molecule has 0 aromatic rings. The Morgan fingerprint density at radius 3 is 2.68 bits per heavy atom. The van der Waals surface area contributed by atoms with E-state index in [1.807, 2.05) is 4.90 Å². The van der Waals surface area contributed by atoms with Gasteiger partial charge in [-0.3, -0.25) is 19.6 Å². The van der Waals surface area contributed by atoms with Crippen molar-refractivity contribution >= 4 is 11.7 Å². The smallest absolute Gasteiger partial charge is 0.257 e. The summed E-state index contributed by atoms with van der Waals surface area (Å²) in [7, 11) is 0. The van der Waals surface area contributed by atoms with Crippen LogP contribution in [0.1, 0.15) is 46.5 Å². The molecule has 0 aliphatic carbocycles. The highest BCUT2D eigenvalue weighted by atomic mass is 16.2. The maximum absolute atomic E-state index is 13.0. The molecule has 0 aromatic carbocycles. The second-order valence-electron chi connectivity index (χ2n) is 7.26. The first-order valence-electron chi connectivity index (χ1n) is 8.94. The molecule has 3 aliphatic heterocycles. The van der Waals surface area contributed by atoms with Gasteiger partial charge in [-0.1, -0.05) is 13.8 Å². The minimum Gasteiger partial charge on any atom is -0.317 e. The molecule has 1 unspecified atom stereocenters. The summed E-state index contributed by atoms with van der Waals surface area (Å²) in [4.78, 5) is 22.5. The fourth-order valence-electron chi connectivity index (χ4n) is 4.25. The first-order valence-corrected chi connectivity index (χ1v) is 8.94. The van der Waals surface area contributed by atoms with Gasteiger partial charge in [-0.05, 0) is 52.2 Å². The Balaban J connectivity index is 1.81. The molecule has 3 aliphatic rings. The van der Waals surface area contributed by atoms with E-state index in [9.17, 15) is 4.79 Å². The second-order valence-corrected chi connectivity index (χ2v) is 7.26. The summed E-state index contributed by atoms with van der Waals surface area (Å²) in [6.45, 7) is 11.2. The molecule has 5 nitrogen and oxygen atoms in total. The van der Waals surface area contributed by atoms with Crippen LogP contribution in [-0.2, 0) is 4.79 Å². The van der Waals surface area contributed by atoms with Crippen LogP contribution in [0.5, 0.6) is 0 Å². The minimum atomic E-state index is -0.487. The zero-order valence-corrected chi connectivity index (χ0v) is 14.3. The van der Waals surface area contributed by atoms with E-state index in [4.69, 9.17) is 4.99 Å². The van der Waals surface area contributed by atoms with Crippen molar-refractivity contribution in [3.63, 3.8) is 0 Å². The van der Waals surface area contributed by atoms with Crippen molar-refractivity contribution in [2.24, 2.45) is 10.9 Å². The van der Waals surface area contributed by atoms with Gasteiger partial charge >= 0.3 is 0 Å². The van der Waals surface area contributed by atoms with E-state index in [-0.39, 0.29) is 5.91 Å². The van der Waals surface area contributed by atoms with E-state index in [0.717, 1.165) is 51.4 Å². The standard InChI is InChI=1S/C17H30N4O/c1-4-21-15(13(2)3)19-17(16(21)22)8-5-11-20(12-17)14-6-9-18-10-7-14/h13-14,18H,4-12H2,1-3H3. The molecule has 0 aromatic heterocycles. The molecule has 2 fully saturated rings. The van der Waals surface area contributed by atoms with Crippen molar-refractivity contribution < 1.29 is 4.79 Å². The van der Waals surface area contributed by atoms with Crippen molar-refractivity contribution in [1.29, 1.82) is 0 Å². The summed E-state index contributed by atoms with van der Waals surface area (Å²) in [6.07, 6.45) is 4.40. The molecule has 0 radical (unpaired) electrons. The zero-order chi connectivity index (χ0) is 15.7. The third kappa shape index (κ3) is 2.69. The first kappa shape index (κ1) is 15.9. The number of carbonyl (C=O) groups is 1. The number of likely N-dealkylation sites (N-methyl/N-ethyl adjacent to an activating group) is 1. The van der Waals surface area contributed by atoms with Crippen LogP contribution in [0.2, 0.25) is 0 Å². The largest absolute Gasteiger partial charge is 0.317 e. The molecule has 3 rings (SSSR count). The van der Waals surface area contributed by atoms with Crippen molar-refractivity contribution in [2.45, 2.75) is 58.0 Å². The lowest BCUT2D eigenvalue weighted by molar-refractivity contribution is -0.133. The lowest BCUT2D eigenvalue weighted by atomic mass is 9.87. The van der Waals surface area contributed by atoms with Gasteiger partial charge in [0.05, 0.1) is 0 Å². The van der Waals surface area contributed by atoms with E-state index >= 15 is 0 Å². The van der Waals surface area contributed by atoms with Gasteiger partial charge in [-0.2, -0.15) is 0 Å². The minimum absolute atomic E-state index is 0.248. The van der Waals surface area contributed by atoms with Crippen molar-refractivity contribution in [2.75, 3.05) is 32.7 Å². The number of amides is 1. The maximum atomic E-state index is 13.0. The summed E-state index contributed by atoms with van der Waals surface area (Å²) < 4.78 is 0. The number of hydrogen-bond donors (Lipinski definition) is 1. The first-order chi connectivity index (χ1) is 10.6. The lowest BCUT2D eigenvalue weighted by Crippen LogP contribution is -2.57. The Bertz CT molecular complexity index is 456. The SMILES string of the molecule is CCN1C(=O)C2(CCCN(C3CCNCC3)C2)N=C1C(C)C. The fourth-order valence-corrected chi connectivity index (χ4v) is 4.25. The molecule has 124 valence electrons. The van der Waals surface area contributed by atoms with E-state index in [1.165, 1.54) is 12.8 Å². The number of amidine groups is 1. The highest BCUT2D eigenvalue weighted by molar-refractivity contribution is 6.09. The molecule has 2 saturated heterocycles. The Labute approximate surface area is 134 Å². The third-order valence-corrected chi connectivity index (χ3v) is 5.41. The molecule has 1 spiro atoms. The molecular formula is C17H30N4O. The van der Waals surface area contributed by atoms with Crippen LogP contribution in [0, 0.1) is 5.92 Å². The van der Waals surface area contributed by atoms with Gasteiger partial charge in [0, 0.05) is 25.0 Å². The van der Waals surface area contributed by atoms with Gasteiger partial charge in [0.25, 0.3) is 5.91 Å². The number of rotatable bonds is 3. The summed E-state index contributed by atoms with van der Waals surface area (Å²) in [5.41, 5.74) is -0.487. The van der Waals surface area contributed by atoms with Gasteiger partial charge in [-0.25, -0.2) is 0 Å². The highest BCUT2D eigenvalue weighted by Crippen LogP contribution is 2.35. The van der Waals surface area contributed by atoms with Crippen molar-refractivity contribution in [1.82, 2.24) is 15.1 Å². The van der Waals surface area contributed by atoms with E-state index in [1.54, 1.807) is 0 Å². The number of piperidine rings is 2. The zero-order valence-electron chi connectivity index (χ0n) is 14.3. The van der Waals surface area contributed by atoms with Crippen LogP contribution in [-0.4, -0.2) is 65.8 Å². The highest BCUT2D eigenvalue weighted by Gasteiger charge is 2.50. The summed E-state index contributed by atoms with van der Waals surface area (Å²) >= 11 is 0. The predicted octanol–water partition coefficient (Wildman–Crippen LogP) is 1.49. The van der Waals surface area contributed by atoms with Crippen LogP contribution in [0.3, 0.4) is 0 Å². The number of likely N-dealkylation sites (tertiary alicyclic amines) is 1. The average molecular weight is 306 g/mol. The molecule has 0 saturated carbocycles. The maximum Gasteiger partial charge on any atom is 0.257 e. The Hall–Kier alpha value is -0.940. The van der Waals surface area contributed by atoms with Crippen molar-refractivity contribution in [3.8, 4) is 0 Å². The summed E-state index contributed by atoms with van der Waals surface area (Å²) in [5, 5.41) is 3.43. The van der Waals surface area contributed by atoms with Gasteiger partial charge in [0.2, 0.25) is 0 Å². The molecule has 1 N–H and O–H groups in total. The van der Waals surface area contributed by atoms with Gasteiger partial charge in [0.15, 0.2) is 5.54 Å². The Morgan fingerprint density at radius 1 is 1.36 bits per heavy atom. The molecule has 3 heterocycles. The number of aliphatic imine (C=N–C) groups is 1. The molecule has 22 heavy (non-hydrogen) atoms. The van der Waals surface area contributed by atoms with Crippen LogP contribution >= 0.6 is 0 Å². The molecule has 5 heteroatoms. The van der Waals surface area contributed by atoms with Crippen LogP contribution in [0.25, 0.3) is 0 Å². The molecule has 1 amide bonds. The molecule has 1 atom stereocenters. The topological polar surface area (TPSA) is 47.9 Å². The number of carbonyl (C=O) groups excluding carboxylic acids is 1. The number of nitrogens with zero attached hydrogens (tertiary/aromatic N) is 3. The van der Waals surface area contributed by atoms with Crippen LogP contribution in [0.15, 0.2) is 4.99 Å². The molecule has 0 bridgehead atoms. The van der Waals surface area contributed by atoms with Gasteiger partial charge < -0.3 is 5.32 Å². The number of hydrogen-bond acceptors (Lipinski definition) is 4. The normalized spacial score (nSPS) is 31.4. The fraction of sp³-hybridized carbons (Fsp3) is 0.882. The van der Waals surface area contributed by atoms with E-state index in [0.29, 0.717) is 12.0 Å². The quantitative estimate of drug-likeness (QED) is 0.859. The average Bonchev–Trinajstić information content (AvgIpc) is 2.81. The van der Waals surface area contributed by atoms with E-state index < -0.39 is 5.54 Å². The third-order valence-electron chi connectivity index (χ3n) is 5.41. The summed E-state index contributed by atoms with van der Waals surface area (Å²) in [6, 6.07) is 0.625. The second kappa shape index (κ2) is 6.28. The molecular weight excluding hydrogens is 276 g/mol. The Morgan fingerprint density at radius 2 is 2.09 bits per heavy atom. The summed E-state index contributed by atoms with van der Waals surface area (Å²) in [5.74, 6) is 1.56. The predicted molar refractivity (Wildman–Crippen MR) is 89.1 cm³/mol.